The van der Waals surface area contributed by atoms with E-state index in [4.69, 9.17) is 16.3 Å². The zero-order valence-electron chi connectivity index (χ0n) is 14.6. The van der Waals surface area contributed by atoms with Crippen LogP contribution in [0.1, 0.15) is 16.1 Å². The van der Waals surface area contributed by atoms with Crippen molar-refractivity contribution in [1.29, 1.82) is 0 Å². The molecule has 1 amide bonds. The molecule has 0 atom stereocenters. The van der Waals surface area contributed by atoms with E-state index in [0.717, 1.165) is 12.1 Å². The molecule has 136 valence electrons. The Hall–Kier alpha value is -3.12. The van der Waals surface area contributed by atoms with Crippen LogP contribution in [0.2, 0.25) is 5.02 Å². The Morgan fingerprint density at radius 3 is 2.93 bits per heavy atom. The highest BCUT2D eigenvalue weighted by atomic mass is 35.5. The third kappa shape index (κ3) is 3.44. The summed E-state index contributed by atoms with van der Waals surface area (Å²) in [6.07, 6.45) is 2.40. The van der Waals surface area contributed by atoms with E-state index in [0.29, 0.717) is 34.6 Å². The van der Waals surface area contributed by atoms with Crippen LogP contribution in [0.3, 0.4) is 0 Å². The zero-order valence-corrected chi connectivity index (χ0v) is 15.4. The molecule has 4 rings (SSSR count). The number of carbonyl (C=O) groups excluding carboxylic acids is 1. The topological polar surface area (TPSA) is 67.3 Å². The first-order valence-electron chi connectivity index (χ1n) is 8.49. The molecule has 0 unspecified atom stereocenters. The van der Waals surface area contributed by atoms with E-state index in [1.807, 2.05) is 24.3 Å². The molecule has 1 aliphatic rings. The molecule has 27 heavy (non-hydrogen) atoms. The van der Waals surface area contributed by atoms with Gasteiger partial charge in [0.2, 0.25) is 5.95 Å². The number of nitrogens with one attached hydrogen (secondary N) is 1. The summed E-state index contributed by atoms with van der Waals surface area (Å²) in [4.78, 5) is 23.3. The number of amides is 1. The Morgan fingerprint density at radius 2 is 2.07 bits per heavy atom. The van der Waals surface area contributed by atoms with Gasteiger partial charge < -0.3 is 15.0 Å². The molecule has 0 bridgehead atoms. The van der Waals surface area contributed by atoms with Gasteiger partial charge in [-0.3, -0.25) is 4.79 Å². The number of fused-ring (bicyclic) bond motifs is 1. The Balaban J connectivity index is 1.60. The van der Waals surface area contributed by atoms with Crippen LogP contribution in [0.5, 0.6) is 5.75 Å². The Labute approximate surface area is 161 Å². The Morgan fingerprint density at radius 1 is 1.22 bits per heavy atom. The lowest BCUT2D eigenvalue weighted by Crippen LogP contribution is -2.29. The SMILES string of the molecule is COc1ccc(Cl)cc1Nc1nccc(C(=O)N2CCc3ccccc32)n1. The van der Waals surface area contributed by atoms with Crippen LogP contribution >= 0.6 is 11.6 Å². The number of benzene rings is 2. The average Bonchev–Trinajstić information content (AvgIpc) is 3.12. The van der Waals surface area contributed by atoms with Crippen molar-refractivity contribution in [3.8, 4) is 5.75 Å². The summed E-state index contributed by atoms with van der Waals surface area (Å²) in [5.74, 6) is 0.755. The van der Waals surface area contributed by atoms with Crippen molar-refractivity contribution in [2.75, 3.05) is 23.9 Å². The van der Waals surface area contributed by atoms with Crippen LogP contribution in [0.15, 0.2) is 54.7 Å². The van der Waals surface area contributed by atoms with E-state index in [1.165, 1.54) is 5.56 Å². The van der Waals surface area contributed by atoms with Crippen LogP contribution < -0.4 is 15.0 Å². The predicted molar refractivity (Wildman–Crippen MR) is 105 cm³/mol. The van der Waals surface area contributed by atoms with Crippen LogP contribution in [0.25, 0.3) is 0 Å². The lowest BCUT2D eigenvalue weighted by Gasteiger charge is -2.17. The monoisotopic (exact) mass is 380 g/mol. The second-order valence-corrected chi connectivity index (χ2v) is 6.51. The summed E-state index contributed by atoms with van der Waals surface area (Å²) >= 11 is 6.06. The standard InChI is InChI=1S/C20H17ClN4O2/c1-27-18-7-6-14(21)12-16(18)24-20-22-10-8-15(23-20)19(26)25-11-9-13-4-2-3-5-17(13)25/h2-8,10,12H,9,11H2,1H3,(H,22,23,24). The molecule has 2 heterocycles. The van der Waals surface area contributed by atoms with E-state index in [9.17, 15) is 4.79 Å². The second-order valence-electron chi connectivity index (χ2n) is 6.07. The van der Waals surface area contributed by atoms with Gasteiger partial charge in [0, 0.05) is 23.5 Å². The first-order valence-corrected chi connectivity index (χ1v) is 8.87. The maximum Gasteiger partial charge on any atom is 0.277 e. The summed E-state index contributed by atoms with van der Waals surface area (Å²) in [5.41, 5.74) is 3.06. The van der Waals surface area contributed by atoms with Crippen molar-refractivity contribution < 1.29 is 9.53 Å². The number of anilines is 3. The van der Waals surface area contributed by atoms with Gasteiger partial charge in [0.1, 0.15) is 11.4 Å². The molecule has 0 aliphatic carbocycles. The van der Waals surface area contributed by atoms with Gasteiger partial charge in [0.05, 0.1) is 12.8 Å². The third-order valence-corrected chi connectivity index (χ3v) is 4.65. The Bertz CT molecular complexity index is 1010. The van der Waals surface area contributed by atoms with Crippen LogP contribution in [-0.4, -0.2) is 29.5 Å². The first kappa shape index (κ1) is 17.3. The van der Waals surface area contributed by atoms with Gasteiger partial charge in [-0.05, 0) is 42.3 Å². The highest BCUT2D eigenvalue weighted by Gasteiger charge is 2.26. The molecule has 1 aromatic heterocycles. The summed E-state index contributed by atoms with van der Waals surface area (Å²) in [6.45, 7) is 0.646. The largest absolute Gasteiger partial charge is 0.495 e. The molecule has 1 aliphatic heterocycles. The predicted octanol–water partition coefficient (Wildman–Crippen LogP) is 4.09. The van der Waals surface area contributed by atoms with Crippen molar-refractivity contribution in [3.05, 3.63) is 71.0 Å². The number of hydrogen-bond acceptors (Lipinski definition) is 5. The quantitative estimate of drug-likeness (QED) is 0.738. The molecule has 0 saturated carbocycles. The van der Waals surface area contributed by atoms with Gasteiger partial charge in [-0.1, -0.05) is 29.8 Å². The third-order valence-electron chi connectivity index (χ3n) is 4.42. The molecule has 0 radical (unpaired) electrons. The van der Waals surface area contributed by atoms with E-state index in [2.05, 4.69) is 15.3 Å². The minimum atomic E-state index is -0.150. The van der Waals surface area contributed by atoms with Gasteiger partial charge in [-0.2, -0.15) is 0 Å². The maximum atomic E-state index is 13.0. The maximum absolute atomic E-state index is 13.0. The van der Waals surface area contributed by atoms with Crippen LogP contribution in [0.4, 0.5) is 17.3 Å². The Kier molecular flexibility index (Phi) is 4.64. The fourth-order valence-electron chi connectivity index (χ4n) is 3.12. The minimum absolute atomic E-state index is 0.150. The molecule has 7 heteroatoms. The number of halogens is 1. The molecule has 0 saturated heterocycles. The van der Waals surface area contributed by atoms with Crippen molar-refractivity contribution >= 4 is 34.8 Å². The molecule has 0 fully saturated rings. The van der Waals surface area contributed by atoms with Crippen molar-refractivity contribution in [1.82, 2.24) is 9.97 Å². The molecule has 0 spiro atoms. The van der Waals surface area contributed by atoms with E-state index < -0.39 is 0 Å². The molecule has 6 nitrogen and oxygen atoms in total. The summed E-state index contributed by atoms with van der Waals surface area (Å²) < 4.78 is 5.32. The lowest BCUT2D eigenvalue weighted by molar-refractivity contribution is 0.0984. The summed E-state index contributed by atoms with van der Waals surface area (Å²) in [6, 6.07) is 14.7. The lowest BCUT2D eigenvalue weighted by atomic mass is 10.2. The fraction of sp³-hybridized carbons (Fsp3) is 0.150. The average molecular weight is 381 g/mol. The molecular formula is C20H17ClN4O2. The van der Waals surface area contributed by atoms with E-state index in [1.54, 1.807) is 42.5 Å². The van der Waals surface area contributed by atoms with Gasteiger partial charge in [-0.15, -0.1) is 0 Å². The summed E-state index contributed by atoms with van der Waals surface area (Å²) in [5, 5.41) is 3.62. The number of para-hydroxylation sites is 1. The van der Waals surface area contributed by atoms with Gasteiger partial charge in [0.15, 0.2) is 0 Å². The minimum Gasteiger partial charge on any atom is -0.495 e. The molecule has 3 aromatic rings. The van der Waals surface area contributed by atoms with Crippen LogP contribution in [-0.2, 0) is 6.42 Å². The van der Waals surface area contributed by atoms with Gasteiger partial charge in [-0.25, -0.2) is 9.97 Å². The van der Waals surface area contributed by atoms with Crippen molar-refractivity contribution in [2.24, 2.45) is 0 Å². The van der Waals surface area contributed by atoms with Gasteiger partial charge >= 0.3 is 0 Å². The normalized spacial score (nSPS) is 12.6. The fourth-order valence-corrected chi connectivity index (χ4v) is 3.30. The number of methoxy groups -OCH3 is 1. The number of nitrogens with zero attached hydrogens (tertiary/aromatic N) is 3. The highest BCUT2D eigenvalue weighted by molar-refractivity contribution is 6.31. The number of hydrogen-bond donors (Lipinski definition) is 1. The second kappa shape index (κ2) is 7.25. The highest BCUT2D eigenvalue weighted by Crippen LogP contribution is 2.30. The smallest absolute Gasteiger partial charge is 0.277 e. The van der Waals surface area contributed by atoms with Crippen LogP contribution in [0, 0.1) is 0 Å². The molecular weight excluding hydrogens is 364 g/mol. The zero-order chi connectivity index (χ0) is 18.8. The molecule has 2 aromatic carbocycles. The van der Waals surface area contributed by atoms with Crippen molar-refractivity contribution in [3.63, 3.8) is 0 Å². The number of aromatic nitrogens is 2. The van der Waals surface area contributed by atoms with E-state index >= 15 is 0 Å². The first-order chi connectivity index (χ1) is 13.2. The van der Waals surface area contributed by atoms with E-state index in [-0.39, 0.29) is 5.91 Å². The number of carbonyl (C=O) groups is 1. The summed E-state index contributed by atoms with van der Waals surface area (Å²) in [7, 11) is 1.57. The van der Waals surface area contributed by atoms with Crippen molar-refractivity contribution in [2.45, 2.75) is 6.42 Å². The van der Waals surface area contributed by atoms with Gasteiger partial charge in [0.25, 0.3) is 5.91 Å². The molecule has 1 N–H and O–H groups in total. The number of ether oxygens (including phenoxy) is 1. The number of rotatable bonds is 4.